The van der Waals surface area contributed by atoms with Gasteiger partial charge in [0.2, 0.25) is 5.91 Å². The summed E-state index contributed by atoms with van der Waals surface area (Å²) in [6, 6.07) is 1.87. The Kier molecular flexibility index (Phi) is 4.96. The third-order valence-corrected chi connectivity index (χ3v) is 4.18. The number of amides is 1. The highest BCUT2D eigenvalue weighted by Gasteiger charge is 2.05. The van der Waals surface area contributed by atoms with Crippen molar-refractivity contribution in [2.75, 3.05) is 6.54 Å². The Morgan fingerprint density at radius 2 is 2.33 bits per heavy atom. The van der Waals surface area contributed by atoms with Gasteiger partial charge < -0.3 is 11.1 Å². The standard InChI is InChI=1S/C14H20N2OS/c15-14(17)12-8-13(18-10-12)9-16-7-6-11-4-2-1-3-5-11/h4,8,10,16H,1-3,5-7,9H2,(H2,15,17). The van der Waals surface area contributed by atoms with E-state index in [0.29, 0.717) is 5.56 Å². The first-order valence-electron chi connectivity index (χ1n) is 6.51. The molecule has 1 heterocycles. The molecule has 1 amide bonds. The maximum Gasteiger partial charge on any atom is 0.249 e. The van der Waals surface area contributed by atoms with Gasteiger partial charge in [-0.1, -0.05) is 11.6 Å². The first-order valence-corrected chi connectivity index (χ1v) is 7.39. The molecule has 98 valence electrons. The Balaban J connectivity index is 1.68. The van der Waals surface area contributed by atoms with Crippen molar-refractivity contribution >= 4 is 17.2 Å². The summed E-state index contributed by atoms with van der Waals surface area (Å²) >= 11 is 1.59. The first kappa shape index (κ1) is 13.3. The van der Waals surface area contributed by atoms with E-state index in [-0.39, 0.29) is 5.91 Å². The van der Waals surface area contributed by atoms with E-state index in [1.54, 1.807) is 16.9 Å². The van der Waals surface area contributed by atoms with Crippen LogP contribution in [0.5, 0.6) is 0 Å². The zero-order valence-electron chi connectivity index (χ0n) is 10.6. The summed E-state index contributed by atoms with van der Waals surface area (Å²) in [5.41, 5.74) is 7.43. The van der Waals surface area contributed by atoms with Crippen molar-refractivity contribution in [1.82, 2.24) is 5.32 Å². The Morgan fingerprint density at radius 1 is 1.44 bits per heavy atom. The number of hydrogen-bond donors (Lipinski definition) is 2. The van der Waals surface area contributed by atoms with Crippen LogP contribution in [0.4, 0.5) is 0 Å². The smallest absolute Gasteiger partial charge is 0.249 e. The van der Waals surface area contributed by atoms with Gasteiger partial charge in [0.15, 0.2) is 0 Å². The minimum Gasteiger partial charge on any atom is -0.366 e. The summed E-state index contributed by atoms with van der Waals surface area (Å²) in [5.74, 6) is -0.343. The molecular weight excluding hydrogens is 244 g/mol. The number of rotatable bonds is 6. The van der Waals surface area contributed by atoms with Crippen LogP contribution in [0, 0.1) is 0 Å². The molecule has 0 atom stereocenters. The molecule has 3 nitrogen and oxygen atoms in total. The van der Waals surface area contributed by atoms with Gasteiger partial charge in [-0.25, -0.2) is 0 Å². The molecular formula is C14H20N2OS. The van der Waals surface area contributed by atoms with Crippen LogP contribution in [-0.4, -0.2) is 12.5 Å². The largest absolute Gasteiger partial charge is 0.366 e. The summed E-state index contributed by atoms with van der Waals surface area (Å²) < 4.78 is 0. The topological polar surface area (TPSA) is 55.1 Å². The van der Waals surface area contributed by atoms with Crippen molar-refractivity contribution < 1.29 is 4.79 Å². The van der Waals surface area contributed by atoms with Crippen LogP contribution < -0.4 is 11.1 Å². The number of nitrogens with one attached hydrogen (secondary N) is 1. The van der Waals surface area contributed by atoms with E-state index in [1.165, 1.54) is 30.6 Å². The predicted octanol–water partition coefficient (Wildman–Crippen LogP) is 2.83. The van der Waals surface area contributed by atoms with E-state index in [1.807, 2.05) is 11.4 Å². The molecule has 0 unspecified atom stereocenters. The van der Waals surface area contributed by atoms with E-state index in [9.17, 15) is 4.79 Å². The molecule has 0 aliphatic heterocycles. The quantitative estimate of drug-likeness (QED) is 0.613. The zero-order valence-corrected chi connectivity index (χ0v) is 11.4. The molecule has 0 spiro atoms. The summed E-state index contributed by atoms with van der Waals surface area (Å²) in [6.07, 6.45) is 8.76. The second kappa shape index (κ2) is 6.71. The minimum absolute atomic E-state index is 0.343. The molecule has 1 aromatic rings. The molecule has 1 aliphatic carbocycles. The van der Waals surface area contributed by atoms with Crippen LogP contribution >= 0.6 is 11.3 Å². The molecule has 0 saturated carbocycles. The van der Waals surface area contributed by atoms with Crippen LogP contribution in [0.1, 0.15) is 47.3 Å². The Bertz CT molecular complexity index is 437. The molecule has 4 heteroatoms. The Morgan fingerprint density at radius 3 is 3.00 bits per heavy atom. The summed E-state index contributed by atoms with van der Waals surface area (Å²) in [4.78, 5) is 12.1. The van der Waals surface area contributed by atoms with Crippen molar-refractivity contribution in [2.24, 2.45) is 5.73 Å². The van der Waals surface area contributed by atoms with Crippen molar-refractivity contribution in [2.45, 2.75) is 38.6 Å². The average Bonchev–Trinajstić information content (AvgIpc) is 2.85. The molecule has 0 saturated heterocycles. The maximum atomic E-state index is 11.0. The van der Waals surface area contributed by atoms with Gasteiger partial charge in [-0.3, -0.25) is 4.79 Å². The van der Waals surface area contributed by atoms with Gasteiger partial charge in [-0.15, -0.1) is 11.3 Å². The highest BCUT2D eigenvalue weighted by molar-refractivity contribution is 7.10. The number of primary amides is 1. The lowest BCUT2D eigenvalue weighted by Gasteiger charge is -2.12. The van der Waals surface area contributed by atoms with E-state index >= 15 is 0 Å². The van der Waals surface area contributed by atoms with Crippen LogP contribution in [0.15, 0.2) is 23.1 Å². The Hall–Kier alpha value is -1.13. The first-order chi connectivity index (χ1) is 8.75. The van der Waals surface area contributed by atoms with Gasteiger partial charge in [-0.2, -0.15) is 0 Å². The van der Waals surface area contributed by atoms with E-state index in [4.69, 9.17) is 5.73 Å². The average molecular weight is 264 g/mol. The fraction of sp³-hybridized carbons (Fsp3) is 0.500. The maximum absolute atomic E-state index is 11.0. The van der Waals surface area contributed by atoms with Crippen LogP contribution in [0.2, 0.25) is 0 Å². The second-order valence-electron chi connectivity index (χ2n) is 4.70. The number of nitrogens with two attached hydrogens (primary N) is 1. The fourth-order valence-corrected chi connectivity index (χ4v) is 3.04. The summed E-state index contributed by atoms with van der Waals surface area (Å²) in [7, 11) is 0. The summed E-state index contributed by atoms with van der Waals surface area (Å²) in [5, 5.41) is 5.24. The molecule has 1 aliphatic rings. The number of carbonyl (C=O) groups is 1. The second-order valence-corrected chi connectivity index (χ2v) is 5.70. The molecule has 2 rings (SSSR count). The zero-order chi connectivity index (χ0) is 12.8. The van der Waals surface area contributed by atoms with Crippen molar-refractivity contribution in [3.8, 4) is 0 Å². The lowest BCUT2D eigenvalue weighted by Crippen LogP contribution is -2.15. The molecule has 0 fully saturated rings. The number of carbonyl (C=O) groups excluding carboxylic acids is 1. The van der Waals surface area contributed by atoms with Gasteiger partial charge >= 0.3 is 0 Å². The van der Waals surface area contributed by atoms with Crippen LogP contribution in [0.3, 0.4) is 0 Å². The molecule has 0 bridgehead atoms. The fourth-order valence-electron chi connectivity index (χ4n) is 2.19. The lowest BCUT2D eigenvalue weighted by atomic mass is 9.97. The minimum atomic E-state index is -0.343. The van der Waals surface area contributed by atoms with E-state index in [2.05, 4.69) is 11.4 Å². The third-order valence-electron chi connectivity index (χ3n) is 3.25. The lowest BCUT2D eigenvalue weighted by molar-refractivity contribution is 0.100. The number of allylic oxidation sites excluding steroid dienone is 1. The highest BCUT2D eigenvalue weighted by atomic mass is 32.1. The Labute approximate surface area is 112 Å². The van der Waals surface area contributed by atoms with Gasteiger partial charge in [-0.05, 0) is 44.7 Å². The van der Waals surface area contributed by atoms with Crippen molar-refractivity contribution in [3.05, 3.63) is 33.5 Å². The van der Waals surface area contributed by atoms with Gasteiger partial charge in [0.05, 0.1) is 5.56 Å². The molecule has 18 heavy (non-hydrogen) atoms. The third kappa shape index (κ3) is 3.96. The summed E-state index contributed by atoms with van der Waals surface area (Å²) in [6.45, 7) is 1.83. The normalized spacial score (nSPS) is 15.4. The van der Waals surface area contributed by atoms with E-state index in [0.717, 1.165) is 19.5 Å². The predicted molar refractivity (Wildman–Crippen MR) is 75.7 cm³/mol. The SMILES string of the molecule is NC(=O)c1csc(CNCCC2=CCCCC2)c1. The number of hydrogen-bond acceptors (Lipinski definition) is 3. The monoisotopic (exact) mass is 264 g/mol. The number of thiophene rings is 1. The highest BCUT2D eigenvalue weighted by Crippen LogP contribution is 2.19. The molecule has 3 N–H and O–H groups in total. The molecule has 1 aromatic heterocycles. The van der Waals surface area contributed by atoms with Crippen molar-refractivity contribution in [3.63, 3.8) is 0 Å². The van der Waals surface area contributed by atoms with Crippen LogP contribution in [-0.2, 0) is 6.54 Å². The van der Waals surface area contributed by atoms with Gasteiger partial charge in [0.1, 0.15) is 0 Å². The van der Waals surface area contributed by atoms with Gasteiger partial charge in [0.25, 0.3) is 0 Å². The molecule has 0 radical (unpaired) electrons. The van der Waals surface area contributed by atoms with E-state index < -0.39 is 0 Å². The van der Waals surface area contributed by atoms with Gasteiger partial charge in [0, 0.05) is 16.8 Å². The molecule has 0 aromatic carbocycles. The van der Waals surface area contributed by atoms with Crippen molar-refractivity contribution in [1.29, 1.82) is 0 Å². The van der Waals surface area contributed by atoms with Crippen LogP contribution in [0.25, 0.3) is 0 Å².